The van der Waals surface area contributed by atoms with Gasteiger partial charge in [0, 0.05) is 27.7 Å². The van der Waals surface area contributed by atoms with Crippen LogP contribution in [0.5, 0.6) is 34.5 Å². The largest absolute Gasteiger partial charge is 0.506 e. The van der Waals surface area contributed by atoms with Gasteiger partial charge >= 0.3 is 0 Å². The predicted molar refractivity (Wildman–Crippen MR) is 226 cm³/mol. The summed E-state index contributed by atoms with van der Waals surface area (Å²) in [4.78, 5) is 0. The maximum absolute atomic E-state index is 12.4. The van der Waals surface area contributed by atoms with Crippen LogP contribution in [0.15, 0.2) is 152 Å². The van der Waals surface area contributed by atoms with E-state index in [-0.39, 0.29) is 38.7 Å². The molecule has 0 unspecified atom stereocenters. The van der Waals surface area contributed by atoms with Gasteiger partial charge in [0.25, 0.3) is 0 Å². The molecule has 0 atom stereocenters. The van der Waals surface area contributed by atoms with Crippen molar-refractivity contribution in [2.75, 3.05) is 0 Å². The molecule has 6 N–H and O–H groups in total. The molecule has 2 aromatic heterocycles. The van der Waals surface area contributed by atoms with Crippen LogP contribution in [0.3, 0.4) is 0 Å². The molecular formula is C49H34N2O6. The second kappa shape index (κ2) is 12.6. The summed E-state index contributed by atoms with van der Waals surface area (Å²) in [7, 11) is 0. The molecule has 57 heavy (non-hydrogen) atoms. The van der Waals surface area contributed by atoms with Crippen LogP contribution in [0.1, 0.15) is 5.56 Å². The molecule has 0 saturated carbocycles. The first kappa shape index (κ1) is 33.7. The lowest BCUT2D eigenvalue weighted by Crippen LogP contribution is -1.96. The number of aromatic nitrogens is 2. The van der Waals surface area contributed by atoms with Crippen LogP contribution < -0.4 is 0 Å². The highest BCUT2D eigenvalue weighted by atomic mass is 16.3. The van der Waals surface area contributed by atoms with Gasteiger partial charge in [-0.2, -0.15) is 0 Å². The van der Waals surface area contributed by atoms with E-state index in [2.05, 4.69) is 28.8 Å². The van der Waals surface area contributed by atoms with Crippen LogP contribution in [-0.4, -0.2) is 39.8 Å². The van der Waals surface area contributed by atoms with Crippen molar-refractivity contribution in [3.05, 3.63) is 157 Å². The molecule has 0 bridgehead atoms. The molecule has 0 aliphatic heterocycles. The van der Waals surface area contributed by atoms with Crippen molar-refractivity contribution in [3.8, 4) is 79.3 Å². The number of phenolic OH excluding ortho intramolecular Hbond substituents is 6. The fourth-order valence-electron chi connectivity index (χ4n) is 8.44. The summed E-state index contributed by atoms with van der Waals surface area (Å²) in [5.41, 5.74) is 7.41. The summed E-state index contributed by atoms with van der Waals surface area (Å²) >= 11 is 0. The minimum Gasteiger partial charge on any atom is -0.506 e. The first-order chi connectivity index (χ1) is 27.7. The Labute approximate surface area is 325 Å². The summed E-state index contributed by atoms with van der Waals surface area (Å²) in [5, 5.41) is 72.1. The van der Waals surface area contributed by atoms with Crippen LogP contribution in [0.2, 0.25) is 0 Å². The van der Waals surface area contributed by atoms with Crippen molar-refractivity contribution >= 4 is 43.6 Å². The maximum Gasteiger partial charge on any atom is 0.183 e. The molecule has 8 aromatic carbocycles. The van der Waals surface area contributed by atoms with E-state index < -0.39 is 28.7 Å². The SMILES string of the molecule is Cc1c(O)c(O)c2c3c(O)c(-c4ccc5c(c4)c4c(-c6ccccc6)cccc4n5-c4ccccc4)c(O)c(O)c3n(-c3ccc(-c4ccccc4)cc3)c2c1O. The molecular weight excluding hydrogens is 713 g/mol. The lowest BCUT2D eigenvalue weighted by atomic mass is 9.95. The van der Waals surface area contributed by atoms with E-state index in [1.165, 1.54) is 11.5 Å². The van der Waals surface area contributed by atoms with Crippen LogP contribution in [-0.2, 0) is 0 Å². The van der Waals surface area contributed by atoms with Gasteiger partial charge in [-0.05, 0) is 77.2 Å². The number of nitrogens with zero attached hydrogens (tertiary/aromatic N) is 2. The number of aromatic hydroxyl groups is 6. The zero-order valence-electron chi connectivity index (χ0n) is 30.5. The lowest BCUT2D eigenvalue weighted by Gasteiger charge is -2.15. The molecule has 0 amide bonds. The van der Waals surface area contributed by atoms with E-state index in [0.29, 0.717) is 11.3 Å². The Balaban J connectivity index is 1.28. The third kappa shape index (κ3) is 4.87. The molecule has 8 heteroatoms. The number of hydrogen-bond donors (Lipinski definition) is 6. The Morgan fingerprint density at radius 3 is 1.61 bits per heavy atom. The molecule has 10 aromatic rings. The van der Waals surface area contributed by atoms with E-state index >= 15 is 0 Å². The molecule has 0 aliphatic rings. The fraction of sp³-hybridized carbons (Fsp3) is 0.0204. The first-order valence-electron chi connectivity index (χ1n) is 18.5. The Morgan fingerprint density at radius 1 is 0.368 bits per heavy atom. The van der Waals surface area contributed by atoms with Crippen molar-refractivity contribution in [2.45, 2.75) is 6.92 Å². The second-order valence-electron chi connectivity index (χ2n) is 14.3. The molecule has 2 heterocycles. The topological polar surface area (TPSA) is 131 Å². The molecule has 276 valence electrons. The van der Waals surface area contributed by atoms with Gasteiger partial charge in [0.1, 0.15) is 22.5 Å². The summed E-state index contributed by atoms with van der Waals surface area (Å²) < 4.78 is 3.65. The molecule has 10 rings (SSSR count). The zero-order valence-corrected chi connectivity index (χ0v) is 30.5. The molecule has 0 radical (unpaired) electrons. The number of benzene rings is 8. The Kier molecular flexibility index (Phi) is 7.46. The smallest absolute Gasteiger partial charge is 0.183 e. The minimum atomic E-state index is -0.598. The Bertz CT molecular complexity index is 3220. The number of rotatable bonds is 5. The Morgan fingerprint density at radius 2 is 0.930 bits per heavy atom. The summed E-state index contributed by atoms with van der Waals surface area (Å²) in [6.45, 7) is 1.46. The van der Waals surface area contributed by atoms with Crippen molar-refractivity contribution in [1.29, 1.82) is 0 Å². The van der Waals surface area contributed by atoms with Crippen molar-refractivity contribution in [1.82, 2.24) is 9.13 Å². The van der Waals surface area contributed by atoms with E-state index in [9.17, 15) is 30.6 Å². The average Bonchev–Trinajstić information content (AvgIpc) is 3.79. The average molecular weight is 747 g/mol. The van der Waals surface area contributed by atoms with Crippen LogP contribution in [0.4, 0.5) is 0 Å². The lowest BCUT2D eigenvalue weighted by molar-refractivity contribution is 0.398. The highest BCUT2D eigenvalue weighted by Gasteiger charge is 2.32. The molecule has 0 aliphatic carbocycles. The molecule has 0 saturated heterocycles. The monoisotopic (exact) mass is 746 g/mol. The van der Waals surface area contributed by atoms with Gasteiger partial charge in [-0.1, -0.05) is 109 Å². The van der Waals surface area contributed by atoms with Gasteiger partial charge in [-0.15, -0.1) is 0 Å². The second-order valence-corrected chi connectivity index (χ2v) is 14.3. The van der Waals surface area contributed by atoms with Crippen molar-refractivity contribution in [2.24, 2.45) is 0 Å². The quantitative estimate of drug-likeness (QED) is 0.0768. The van der Waals surface area contributed by atoms with Crippen LogP contribution in [0, 0.1) is 6.92 Å². The highest BCUT2D eigenvalue weighted by Crippen LogP contribution is 2.58. The first-order valence-corrected chi connectivity index (χ1v) is 18.5. The molecule has 0 spiro atoms. The van der Waals surface area contributed by atoms with E-state index in [0.717, 1.165) is 49.7 Å². The third-order valence-electron chi connectivity index (χ3n) is 11.1. The van der Waals surface area contributed by atoms with Gasteiger partial charge in [0.2, 0.25) is 0 Å². The normalized spacial score (nSPS) is 11.7. The van der Waals surface area contributed by atoms with Gasteiger partial charge in [-0.3, -0.25) is 0 Å². The van der Waals surface area contributed by atoms with Crippen LogP contribution >= 0.6 is 0 Å². The Hall–Kier alpha value is -7.84. The summed E-state index contributed by atoms with van der Waals surface area (Å²) in [6.07, 6.45) is 0. The summed E-state index contributed by atoms with van der Waals surface area (Å²) in [5.74, 6) is -3.18. The third-order valence-corrected chi connectivity index (χ3v) is 11.1. The van der Waals surface area contributed by atoms with E-state index in [1.54, 1.807) is 18.2 Å². The zero-order chi connectivity index (χ0) is 39.1. The number of phenols is 6. The number of para-hydroxylation sites is 1. The van der Waals surface area contributed by atoms with Crippen molar-refractivity contribution in [3.63, 3.8) is 0 Å². The van der Waals surface area contributed by atoms with E-state index in [4.69, 9.17) is 0 Å². The summed E-state index contributed by atoms with van der Waals surface area (Å²) in [6, 6.07) is 48.9. The highest BCUT2D eigenvalue weighted by molar-refractivity contribution is 6.22. The van der Waals surface area contributed by atoms with Crippen LogP contribution in [0.25, 0.3) is 88.4 Å². The van der Waals surface area contributed by atoms with Crippen molar-refractivity contribution < 1.29 is 30.6 Å². The molecule has 0 fully saturated rings. The number of fused-ring (bicyclic) bond motifs is 6. The number of hydrogen-bond acceptors (Lipinski definition) is 6. The molecule has 8 nitrogen and oxygen atoms in total. The van der Waals surface area contributed by atoms with E-state index in [1.807, 2.05) is 109 Å². The van der Waals surface area contributed by atoms with Gasteiger partial charge < -0.3 is 39.8 Å². The van der Waals surface area contributed by atoms with Gasteiger partial charge in [0.15, 0.2) is 23.0 Å². The van der Waals surface area contributed by atoms with Gasteiger partial charge in [-0.25, -0.2) is 0 Å². The fourth-order valence-corrected chi connectivity index (χ4v) is 8.44. The predicted octanol–water partition coefficient (Wildman–Crippen LogP) is 11.4. The minimum absolute atomic E-state index is 0.00265. The van der Waals surface area contributed by atoms with Gasteiger partial charge in [0.05, 0.1) is 27.4 Å². The standard InChI is InChI=1S/C49H34N2O6/c1-27-44(52)42-41(48(56)45(27)53)40-43(51(42)33-23-20-29(21-24-33)28-12-5-2-6-13-28)49(57)47(55)38(46(40)54)31-22-25-36-35(26-31)39-34(30-14-7-3-8-15-30)18-11-19-37(39)50(36)32-16-9-4-10-17-32/h2-26,52-57H,1H3. The maximum atomic E-state index is 12.4.